The van der Waals surface area contributed by atoms with E-state index in [9.17, 15) is 5.11 Å². The Morgan fingerprint density at radius 1 is 1.06 bits per heavy atom. The number of benzene rings is 2. The maximum Gasteiger partial charge on any atom is 0.141 e. The van der Waals surface area contributed by atoms with Crippen LogP contribution in [0.3, 0.4) is 0 Å². The number of halogens is 1. The lowest BCUT2D eigenvalue weighted by atomic mass is 10.2. The Morgan fingerprint density at radius 3 is 2.41 bits per heavy atom. The molecule has 2 aromatic carbocycles. The minimum Gasteiger partial charge on any atom is -0.506 e. The number of aromatic hydroxyl groups is 1. The van der Waals surface area contributed by atoms with Crippen LogP contribution in [0, 0.1) is 0 Å². The molecular formula is C14H12ClNO. The van der Waals surface area contributed by atoms with Crippen LogP contribution >= 0.6 is 11.6 Å². The van der Waals surface area contributed by atoms with Gasteiger partial charge in [-0.1, -0.05) is 36.4 Å². The van der Waals surface area contributed by atoms with Crippen LogP contribution in [0.4, 0.5) is 5.69 Å². The standard InChI is InChI=1S/C14H12ClNO/c15-9-11-5-7-12(8-6-11)10-16-13-3-1-2-4-14(13)17/h1-8,10,17H,9H2. The molecule has 0 atom stereocenters. The number of nitrogens with zero attached hydrogens (tertiary/aromatic N) is 1. The summed E-state index contributed by atoms with van der Waals surface area (Å²) in [7, 11) is 0. The van der Waals surface area contributed by atoms with E-state index in [0.717, 1.165) is 11.1 Å². The number of hydrogen-bond donors (Lipinski definition) is 1. The summed E-state index contributed by atoms with van der Waals surface area (Å²) in [4.78, 5) is 4.22. The maximum atomic E-state index is 9.54. The van der Waals surface area contributed by atoms with Crippen LogP contribution in [0.25, 0.3) is 0 Å². The molecule has 0 radical (unpaired) electrons. The van der Waals surface area contributed by atoms with Gasteiger partial charge in [0.2, 0.25) is 0 Å². The van der Waals surface area contributed by atoms with E-state index in [1.165, 1.54) is 0 Å². The summed E-state index contributed by atoms with van der Waals surface area (Å²) in [5.74, 6) is 0.692. The van der Waals surface area contributed by atoms with E-state index >= 15 is 0 Å². The first kappa shape index (κ1) is 11.7. The second-order valence-electron chi connectivity index (χ2n) is 3.62. The molecule has 0 amide bonds. The molecule has 0 saturated carbocycles. The molecule has 0 fully saturated rings. The fraction of sp³-hybridized carbons (Fsp3) is 0.0714. The van der Waals surface area contributed by atoms with Gasteiger partial charge < -0.3 is 5.11 Å². The molecule has 0 unspecified atom stereocenters. The molecule has 0 aliphatic heterocycles. The number of phenolic OH excluding ortho intramolecular Hbond substituents is 1. The lowest BCUT2D eigenvalue weighted by Gasteiger charge is -1.98. The van der Waals surface area contributed by atoms with Crippen molar-refractivity contribution in [3.8, 4) is 5.75 Å². The average Bonchev–Trinajstić information content (AvgIpc) is 2.38. The van der Waals surface area contributed by atoms with Crippen LogP contribution in [0.1, 0.15) is 11.1 Å². The Kier molecular flexibility index (Phi) is 3.78. The van der Waals surface area contributed by atoms with E-state index in [0.29, 0.717) is 11.6 Å². The quantitative estimate of drug-likeness (QED) is 0.646. The van der Waals surface area contributed by atoms with Crippen molar-refractivity contribution in [2.75, 3.05) is 0 Å². The van der Waals surface area contributed by atoms with Crippen LogP contribution in [0.5, 0.6) is 5.75 Å². The molecule has 0 heterocycles. The number of hydrogen-bond acceptors (Lipinski definition) is 2. The second kappa shape index (κ2) is 5.51. The Bertz CT molecular complexity index is 520. The van der Waals surface area contributed by atoms with Crippen molar-refractivity contribution < 1.29 is 5.11 Å². The first-order valence-corrected chi connectivity index (χ1v) is 5.80. The van der Waals surface area contributed by atoms with Crippen LogP contribution in [0.2, 0.25) is 0 Å². The molecule has 0 saturated heterocycles. The van der Waals surface area contributed by atoms with Crippen LogP contribution in [0.15, 0.2) is 53.5 Å². The van der Waals surface area contributed by atoms with Gasteiger partial charge in [0.05, 0.1) is 0 Å². The van der Waals surface area contributed by atoms with Gasteiger partial charge in [-0.3, -0.25) is 4.99 Å². The normalized spacial score (nSPS) is 10.9. The van der Waals surface area contributed by atoms with Crippen LogP contribution < -0.4 is 0 Å². The summed E-state index contributed by atoms with van der Waals surface area (Å²) in [5, 5.41) is 9.54. The smallest absolute Gasteiger partial charge is 0.141 e. The third kappa shape index (κ3) is 3.08. The van der Waals surface area contributed by atoms with Crippen LogP contribution in [-0.4, -0.2) is 11.3 Å². The molecule has 0 spiro atoms. The summed E-state index contributed by atoms with van der Waals surface area (Å²) < 4.78 is 0. The molecule has 17 heavy (non-hydrogen) atoms. The van der Waals surface area contributed by atoms with E-state index in [-0.39, 0.29) is 5.75 Å². The summed E-state index contributed by atoms with van der Waals surface area (Å²) in [6, 6.07) is 14.8. The van der Waals surface area contributed by atoms with E-state index in [2.05, 4.69) is 4.99 Å². The fourth-order valence-electron chi connectivity index (χ4n) is 1.41. The number of rotatable bonds is 3. The zero-order valence-electron chi connectivity index (χ0n) is 9.18. The lowest BCUT2D eigenvalue weighted by molar-refractivity contribution is 0.477. The van der Waals surface area contributed by atoms with Crippen molar-refractivity contribution in [1.82, 2.24) is 0 Å². The summed E-state index contributed by atoms with van der Waals surface area (Å²) in [6.45, 7) is 0. The monoisotopic (exact) mass is 245 g/mol. The molecule has 86 valence electrons. The molecule has 2 aromatic rings. The van der Waals surface area contributed by atoms with Crippen molar-refractivity contribution in [1.29, 1.82) is 0 Å². The summed E-state index contributed by atoms with van der Waals surface area (Å²) in [6.07, 6.45) is 1.72. The summed E-state index contributed by atoms with van der Waals surface area (Å²) in [5.41, 5.74) is 2.61. The van der Waals surface area contributed by atoms with Gasteiger partial charge in [0.15, 0.2) is 0 Å². The molecule has 0 bridgehead atoms. The largest absolute Gasteiger partial charge is 0.506 e. The number of para-hydroxylation sites is 2. The minimum absolute atomic E-state index is 0.182. The van der Waals surface area contributed by atoms with Crippen molar-refractivity contribution in [2.45, 2.75) is 5.88 Å². The van der Waals surface area contributed by atoms with Crippen molar-refractivity contribution >= 4 is 23.5 Å². The SMILES string of the molecule is Oc1ccccc1N=Cc1ccc(CCl)cc1. The van der Waals surface area contributed by atoms with Gasteiger partial charge in [-0.2, -0.15) is 0 Å². The summed E-state index contributed by atoms with van der Waals surface area (Å²) >= 11 is 5.71. The van der Waals surface area contributed by atoms with Crippen molar-refractivity contribution in [3.05, 3.63) is 59.7 Å². The highest BCUT2D eigenvalue weighted by molar-refractivity contribution is 6.17. The van der Waals surface area contributed by atoms with Crippen molar-refractivity contribution in [2.24, 2.45) is 4.99 Å². The van der Waals surface area contributed by atoms with E-state index in [1.807, 2.05) is 30.3 Å². The molecule has 2 nitrogen and oxygen atoms in total. The Labute approximate surface area is 105 Å². The third-order valence-electron chi connectivity index (χ3n) is 2.37. The molecule has 3 heteroatoms. The van der Waals surface area contributed by atoms with Gasteiger partial charge in [-0.15, -0.1) is 11.6 Å². The van der Waals surface area contributed by atoms with Gasteiger partial charge in [0, 0.05) is 12.1 Å². The predicted molar refractivity (Wildman–Crippen MR) is 71.4 cm³/mol. The molecule has 0 aliphatic carbocycles. The number of aliphatic imine (C=N–C) groups is 1. The van der Waals surface area contributed by atoms with Crippen LogP contribution in [-0.2, 0) is 5.88 Å². The first-order chi connectivity index (χ1) is 8.29. The first-order valence-electron chi connectivity index (χ1n) is 5.26. The van der Waals surface area contributed by atoms with E-state index in [4.69, 9.17) is 11.6 Å². The number of phenols is 1. The van der Waals surface area contributed by atoms with E-state index in [1.54, 1.807) is 24.4 Å². The van der Waals surface area contributed by atoms with E-state index < -0.39 is 0 Å². The lowest BCUT2D eigenvalue weighted by Crippen LogP contribution is -1.82. The highest BCUT2D eigenvalue weighted by atomic mass is 35.5. The molecule has 1 N–H and O–H groups in total. The average molecular weight is 246 g/mol. The van der Waals surface area contributed by atoms with Gasteiger partial charge in [-0.05, 0) is 23.3 Å². The molecular weight excluding hydrogens is 234 g/mol. The highest BCUT2D eigenvalue weighted by Crippen LogP contribution is 2.24. The van der Waals surface area contributed by atoms with Crippen molar-refractivity contribution in [3.63, 3.8) is 0 Å². The zero-order chi connectivity index (χ0) is 12.1. The predicted octanol–water partition coefficient (Wildman–Crippen LogP) is 3.88. The minimum atomic E-state index is 0.182. The van der Waals surface area contributed by atoms with Gasteiger partial charge >= 0.3 is 0 Å². The Balaban J connectivity index is 2.17. The third-order valence-corrected chi connectivity index (χ3v) is 2.68. The Morgan fingerprint density at radius 2 is 1.76 bits per heavy atom. The molecule has 2 rings (SSSR count). The maximum absolute atomic E-state index is 9.54. The fourth-order valence-corrected chi connectivity index (χ4v) is 1.59. The second-order valence-corrected chi connectivity index (χ2v) is 3.89. The highest BCUT2D eigenvalue weighted by Gasteiger charge is 1.95. The molecule has 0 aromatic heterocycles. The van der Waals surface area contributed by atoms with Gasteiger partial charge in [0.25, 0.3) is 0 Å². The number of alkyl halides is 1. The van der Waals surface area contributed by atoms with Gasteiger partial charge in [0.1, 0.15) is 11.4 Å². The molecule has 0 aliphatic rings. The topological polar surface area (TPSA) is 32.6 Å². The Hall–Kier alpha value is -1.80. The van der Waals surface area contributed by atoms with Gasteiger partial charge in [-0.25, -0.2) is 0 Å². The zero-order valence-corrected chi connectivity index (χ0v) is 9.93.